The molecule has 0 amide bonds. The summed E-state index contributed by atoms with van der Waals surface area (Å²) >= 11 is 6.16. The van der Waals surface area contributed by atoms with Crippen molar-refractivity contribution in [3.05, 3.63) is 58.6 Å². The van der Waals surface area contributed by atoms with Crippen LogP contribution in [-0.2, 0) is 13.0 Å². The SMILES string of the molecule is COc1cc2c(cc1Cl)CCC(CNCc1ccccc1)O2. The average molecular weight is 318 g/mol. The van der Waals surface area contributed by atoms with Crippen molar-refractivity contribution in [1.29, 1.82) is 0 Å². The van der Waals surface area contributed by atoms with E-state index >= 15 is 0 Å². The smallest absolute Gasteiger partial charge is 0.141 e. The lowest BCUT2D eigenvalue weighted by molar-refractivity contribution is 0.169. The number of halogens is 1. The van der Waals surface area contributed by atoms with Gasteiger partial charge in [-0.25, -0.2) is 0 Å². The van der Waals surface area contributed by atoms with Crippen LogP contribution in [-0.4, -0.2) is 19.8 Å². The van der Waals surface area contributed by atoms with Gasteiger partial charge in [0.15, 0.2) is 0 Å². The standard InChI is InChI=1S/C18H20ClNO2/c1-21-18-10-17-14(9-16(18)19)7-8-15(22-17)12-20-11-13-5-3-2-4-6-13/h2-6,9-10,15,20H,7-8,11-12H2,1H3. The molecule has 1 atom stereocenters. The third-order valence-electron chi connectivity index (χ3n) is 3.91. The third-order valence-corrected chi connectivity index (χ3v) is 4.20. The fourth-order valence-corrected chi connectivity index (χ4v) is 2.97. The van der Waals surface area contributed by atoms with Crippen molar-refractivity contribution in [1.82, 2.24) is 5.32 Å². The van der Waals surface area contributed by atoms with Crippen molar-refractivity contribution >= 4 is 11.6 Å². The molecule has 1 N–H and O–H groups in total. The Bertz CT molecular complexity index is 630. The highest BCUT2D eigenvalue weighted by molar-refractivity contribution is 6.32. The van der Waals surface area contributed by atoms with Crippen molar-refractivity contribution in [2.24, 2.45) is 0 Å². The van der Waals surface area contributed by atoms with Gasteiger partial charge in [-0.2, -0.15) is 0 Å². The molecule has 0 saturated carbocycles. The van der Waals surface area contributed by atoms with E-state index in [2.05, 4.69) is 29.6 Å². The second-order valence-corrected chi connectivity index (χ2v) is 5.90. The first-order chi connectivity index (χ1) is 10.8. The number of benzene rings is 2. The van der Waals surface area contributed by atoms with E-state index in [0.717, 1.165) is 37.2 Å². The topological polar surface area (TPSA) is 30.5 Å². The molecule has 3 nitrogen and oxygen atoms in total. The highest BCUT2D eigenvalue weighted by Gasteiger charge is 2.21. The van der Waals surface area contributed by atoms with Crippen LogP contribution < -0.4 is 14.8 Å². The second-order valence-electron chi connectivity index (χ2n) is 5.49. The van der Waals surface area contributed by atoms with Gasteiger partial charge in [-0.05, 0) is 30.0 Å². The number of ether oxygens (including phenoxy) is 2. The van der Waals surface area contributed by atoms with E-state index in [1.807, 2.05) is 18.2 Å². The molecule has 0 aromatic heterocycles. The van der Waals surface area contributed by atoms with E-state index in [-0.39, 0.29) is 6.10 Å². The van der Waals surface area contributed by atoms with Crippen molar-refractivity contribution in [3.8, 4) is 11.5 Å². The number of rotatable bonds is 5. The molecule has 3 rings (SSSR count). The Morgan fingerprint density at radius 2 is 2.09 bits per heavy atom. The molecule has 1 heterocycles. The lowest BCUT2D eigenvalue weighted by Crippen LogP contribution is -2.33. The third kappa shape index (κ3) is 3.54. The predicted molar refractivity (Wildman–Crippen MR) is 88.9 cm³/mol. The monoisotopic (exact) mass is 317 g/mol. The molecular formula is C18H20ClNO2. The predicted octanol–water partition coefficient (Wildman–Crippen LogP) is 3.83. The van der Waals surface area contributed by atoms with Gasteiger partial charge in [-0.15, -0.1) is 0 Å². The van der Waals surface area contributed by atoms with Crippen molar-refractivity contribution < 1.29 is 9.47 Å². The first-order valence-electron chi connectivity index (χ1n) is 7.54. The van der Waals surface area contributed by atoms with Crippen LogP contribution in [0.3, 0.4) is 0 Å². The summed E-state index contributed by atoms with van der Waals surface area (Å²) in [4.78, 5) is 0. The van der Waals surface area contributed by atoms with Gasteiger partial charge < -0.3 is 14.8 Å². The largest absolute Gasteiger partial charge is 0.495 e. The Morgan fingerprint density at radius 1 is 1.27 bits per heavy atom. The number of fused-ring (bicyclic) bond motifs is 1. The molecule has 0 bridgehead atoms. The van der Waals surface area contributed by atoms with Crippen LogP contribution >= 0.6 is 11.6 Å². The maximum atomic E-state index is 6.16. The van der Waals surface area contributed by atoms with Gasteiger partial charge in [0.25, 0.3) is 0 Å². The Balaban J connectivity index is 1.57. The quantitative estimate of drug-likeness (QED) is 0.909. The number of hydrogen-bond donors (Lipinski definition) is 1. The summed E-state index contributed by atoms with van der Waals surface area (Å²) in [5.41, 5.74) is 2.44. The molecule has 0 spiro atoms. The fraction of sp³-hybridized carbons (Fsp3) is 0.333. The van der Waals surface area contributed by atoms with Crippen molar-refractivity contribution in [3.63, 3.8) is 0 Å². The van der Waals surface area contributed by atoms with Crippen LogP contribution in [0.25, 0.3) is 0 Å². The average Bonchev–Trinajstić information content (AvgIpc) is 2.55. The van der Waals surface area contributed by atoms with E-state index in [1.165, 1.54) is 5.56 Å². The minimum Gasteiger partial charge on any atom is -0.495 e. The van der Waals surface area contributed by atoms with E-state index < -0.39 is 0 Å². The number of aryl methyl sites for hydroxylation is 1. The Hall–Kier alpha value is -1.71. The summed E-state index contributed by atoms with van der Waals surface area (Å²) in [5, 5.41) is 4.10. The Morgan fingerprint density at radius 3 is 2.86 bits per heavy atom. The fourth-order valence-electron chi connectivity index (χ4n) is 2.71. The summed E-state index contributed by atoms with van der Waals surface area (Å²) in [6.07, 6.45) is 2.16. The summed E-state index contributed by atoms with van der Waals surface area (Å²) in [5.74, 6) is 1.55. The molecule has 22 heavy (non-hydrogen) atoms. The molecule has 1 aliphatic rings. The molecule has 2 aromatic carbocycles. The van der Waals surface area contributed by atoms with Gasteiger partial charge in [-0.1, -0.05) is 41.9 Å². The Kier molecular flexibility index (Phi) is 4.86. The van der Waals surface area contributed by atoms with Gasteiger partial charge in [0.05, 0.1) is 12.1 Å². The van der Waals surface area contributed by atoms with Crippen molar-refractivity contribution in [2.45, 2.75) is 25.5 Å². The van der Waals surface area contributed by atoms with Gasteiger partial charge in [0, 0.05) is 19.2 Å². The molecule has 1 aliphatic heterocycles. The number of methoxy groups -OCH3 is 1. The van der Waals surface area contributed by atoms with Crippen LogP contribution in [0.1, 0.15) is 17.5 Å². The summed E-state index contributed by atoms with van der Waals surface area (Å²) in [7, 11) is 1.62. The molecule has 0 radical (unpaired) electrons. The maximum Gasteiger partial charge on any atom is 0.141 e. The van der Waals surface area contributed by atoms with Gasteiger partial charge in [-0.3, -0.25) is 0 Å². The van der Waals surface area contributed by atoms with E-state index in [0.29, 0.717) is 10.8 Å². The van der Waals surface area contributed by atoms with Crippen LogP contribution in [0.4, 0.5) is 0 Å². The molecule has 1 unspecified atom stereocenters. The number of hydrogen-bond acceptors (Lipinski definition) is 3. The molecular weight excluding hydrogens is 298 g/mol. The second kappa shape index (κ2) is 7.03. The first-order valence-corrected chi connectivity index (χ1v) is 7.92. The van der Waals surface area contributed by atoms with E-state index in [1.54, 1.807) is 7.11 Å². The van der Waals surface area contributed by atoms with Crippen LogP contribution in [0.5, 0.6) is 11.5 Å². The maximum absolute atomic E-state index is 6.16. The van der Waals surface area contributed by atoms with Gasteiger partial charge >= 0.3 is 0 Å². The normalized spacial score (nSPS) is 16.7. The zero-order valence-electron chi connectivity index (χ0n) is 12.6. The summed E-state index contributed by atoms with van der Waals surface area (Å²) < 4.78 is 11.3. The lowest BCUT2D eigenvalue weighted by atomic mass is 10.0. The molecule has 4 heteroatoms. The van der Waals surface area contributed by atoms with Crippen LogP contribution in [0.2, 0.25) is 5.02 Å². The number of nitrogens with one attached hydrogen (secondary N) is 1. The molecule has 0 saturated heterocycles. The van der Waals surface area contributed by atoms with Crippen molar-refractivity contribution in [2.75, 3.05) is 13.7 Å². The Labute approximate surface area is 136 Å². The lowest BCUT2D eigenvalue weighted by Gasteiger charge is -2.27. The van der Waals surface area contributed by atoms with E-state index in [9.17, 15) is 0 Å². The zero-order valence-corrected chi connectivity index (χ0v) is 13.4. The molecule has 0 aliphatic carbocycles. The minimum atomic E-state index is 0.182. The highest BCUT2D eigenvalue weighted by Crippen LogP contribution is 2.36. The summed E-state index contributed by atoms with van der Waals surface area (Å²) in [6, 6.07) is 14.2. The van der Waals surface area contributed by atoms with Gasteiger partial charge in [0.2, 0.25) is 0 Å². The molecule has 2 aromatic rings. The minimum absolute atomic E-state index is 0.182. The van der Waals surface area contributed by atoms with Crippen LogP contribution in [0, 0.1) is 0 Å². The summed E-state index contributed by atoms with van der Waals surface area (Å²) in [6.45, 7) is 1.69. The van der Waals surface area contributed by atoms with E-state index in [4.69, 9.17) is 21.1 Å². The first kappa shape index (κ1) is 15.2. The zero-order chi connectivity index (χ0) is 15.4. The molecule has 116 valence electrons. The van der Waals surface area contributed by atoms with Gasteiger partial charge in [0.1, 0.15) is 17.6 Å². The molecule has 0 fully saturated rings. The van der Waals surface area contributed by atoms with Crippen LogP contribution in [0.15, 0.2) is 42.5 Å². The highest BCUT2D eigenvalue weighted by atomic mass is 35.5.